The molecule has 1 aliphatic heterocycles. The van der Waals surface area contributed by atoms with Crippen molar-refractivity contribution in [1.29, 1.82) is 0 Å². The zero-order chi connectivity index (χ0) is 19.0. The maximum absolute atomic E-state index is 13.0. The highest BCUT2D eigenvalue weighted by Crippen LogP contribution is 2.23. The van der Waals surface area contributed by atoms with E-state index in [4.69, 9.17) is 11.6 Å². The van der Waals surface area contributed by atoms with E-state index in [1.807, 2.05) is 60.4 Å². The van der Waals surface area contributed by atoms with Gasteiger partial charge in [0.1, 0.15) is 6.04 Å². The van der Waals surface area contributed by atoms with Crippen molar-refractivity contribution < 1.29 is 4.79 Å². The number of carbonyl (C=O) groups excluding carboxylic acids is 1. The van der Waals surface area contributed by atoms with Crippen molar-refractivity contribution in [3.63, 3.8) is 0 Å². The van der Waals surface area contributed by atoms with Crippen LogP contribution in [0.5, 0.6) is 0 Å². The Balaban J connectivity index is 1.46. The fraction of sp³-hybridized carbons (Fsp3) is 0.300. The number of aromatic nitrogens is 1. The van der Waals surface area contributed by atoms with Gasteiger partial charge in [0, 0.05) is 36.9 Å². The van der Waals surface area contributed by atoms with Gasteiger partial charge in [-0.2, -0.15) is 0 Å². The smallest absolute Gasteiger partial charge is 0.269 e. The number of nitrogens with zero attached hydrogens (tertiary/aromatic N) is 3. The molecule has 140 valence electrons. The molecule has 4 rings (SSSR count). The Hall–Kier alpha value is -2.31. The SMILES string of the molecule is CC(C(=O)N1CCN(c2ccc(Cl)cc2)CC1)n1sc2ccccc2c1=O. The van der Waals surface area contributed by atoms with Gasteiger partial charge in [0.15, 0.2) is 0 Å². The summed E-state index contributed by atoms with van der Waals surface area (Å²) in [4.78, 5) is 29.7. The Labute approximate surface area is 166 Å². The lowest BCUT2D eigenvalue weighted by Gasteiger charge is -2.37. The second-order valence-electron chi connectivity index (χ2n) is 6.68. The van der Waals surface area contributed by atoms with E-state index in [0.717, 1.165) is 28.5 Å². The normalized spacial score (nSPS) is 15.9. The first-order valence-corrected chi connectivity index (χ1v) is 10.1. The van der Waals surface area contributed by atoms with E-state index >= 15 is 0 Å². The summed E-state index contributed by atoms with van der Waals surface area (Å²) < 4.78 is 2.51. The molecule has 0 bridgehead atoms. The molecule has 0 spiro atoms. The van der Waals surface area contributed by atoms with Gasteiger partial charge < -0.3 is 9.80 Å². The predicted octanol–water partition coefficient (Wildman–Crippen LogP) is 3.63. The number of rotatable bonds is 3. The van der Waals surface area contributed by atoms with E-state index in [0.29, 0.717) is 18.5 Å². The van der Waals surface area contributed by atoms with E-state index in [2.05, 4.69) is 4.90 Å². The predicted molar refractivity (Wildman–Crippen MR) is 111 cm³/mol. The minimum atomic E-state index is -0.489. The van der Waals surface area contributed by atoms with Gasteiger partial charge in [-0.05, 0) is 43.3 Å². The molecule has 0 saturated carbocycles. The molecular formula is C20H20ClN3O2S. The van der Waals surface area contributed by atoms with Crippen molar-refractivity contribution in [2.45, 2.75) is 13.0 Å². The third-order valence-electron chi connectivity index (χ3n) is 5.01. The molecule has 1 saturated heterocycles. The Morgan fingerprint density at radius 2 is 1.70 bits per heavy atom. The van der Waals surface area contributed by atoms with Crippen LogP contribution in [0.25, 0.3) is 10.1 Å². The second-order valence-corrected chi connectivity index (χ2v) is 8.14. The molecule has 1 fully saturated rings. The van der Waals surface area contributed by atoms with Crippen LogP contribution >= 0.6 is 23.1 Å². The number of fused-ring (bicyclic) bond motifs is 1. The van der Waals surface area contributed by atoms with Gasteiger partial charge in [-0.15, -0.1) is 0 Å². The number of piperazine rings is 1. The maximum atomic E-state index is 13.0. The van der Waals surface area contributed by atoms with E-state index in [9.17, 15) is 9.59 Å². The molecule has 1 aromatic heterocycles. The number of benzene rings is 2. The van der Waals surface area contributed by atoms with Gasteiger partial charge in [-0.1, -0.05) is 35.3 Å². The van der Waals surface area contributed by atoms with Gasteiger partial charge >= 0.3 is 0 Å². The highest BCUT2D eigenvalue weighted by Gasteiger charge is 2.27. The lowest BCUT2D eigenvalue weighted by atomic mass is 10.2. The van der Waals surface area contributed by atoms with Crippen molar-refractivity contribution in [3.05, 3.63) is 63.9 Å². The summed E-state index contributed by atoms with van der Waals surface area (Å²) in [6, 6.07) is 14.8. The molecule has 27 heavy (non-hydrogen) atoms. The third kappa shape index (κ3) is 3.47. The summed E-state index contributed by atoms with van der Waals surface area (Å²) in [5.74, 6) is -0.000544. The maximum Gasteiger partial charge on any atom is 0.269 e. The first-order valence-electron chi connectivity index (χ1n) is 8.94. The molecule has 0 aliphatic carbocycles. The second kappa shape index (κ2) is 7.37. The fourth-order valence-electron chi connectivity index (χ4n) is 3.45. The Bertz CT molecular complexity index is 1020. The monoisotopic (exact) mass is 401 g/mol. The molecule has 2 aromatic carbocycles. The number of hydrogen-bond acceptors (Lipinski definition) is 4. The van der Waals surface area contributed by atoms with Crippen LogP contribution in [0.4, 0.5) is 5.69 Å². The average Bonchev–Trinajstić information content (AvgIpc) is 3.04. The average molecular weight is 402 g/mol. The standard InChI is InChI=1S/C20H20ClN3O2S/c1-14(24-20(26)17-4-2-3-5-18(17)27-24)19(25)23-12-10-22(11-13-23)16-8-6-15(21)7-9-16/h2-9,14H,10-13H2,1H3. The van der Waals surface area contributed by atoms with Crippen LogP contribution in [0.2, 0.25) is 5.02 Å². The lowest BCUT2D eigenvalue weighted by Crippen LogP contribution is -2.50. The largest absolute Gasteiger partial charge is 0.368 e. The van der Waals surface area contributed by atoms with Crippen LogP contribution in [0.1, 0.15) is 13.0 Å². The summed E-state index contributed by atoms with van der Waals surface area (Å²) in [6.45, 7) is 4.63. The molecule has 0 radical (unpaired) electrons. The van der Waals surface area contributed by atoms with Crippen LogP contribution in [-0.2, 0) is 4.79 Å². The molecule has 7 heteroatoms. The first-order chi connectivity index (χ1) is 13.0. The minimum Gasteiger partial charge on any atom is -0.368 e. The van der Waals surface area contributed by atoms with Crippen LogP contribution in [0.3, 0.4) is 0 Å². The number of anilines is 1. The molecule has 1 atom stereocenters. The highest BCUT2D eigenvalue weighted by molar-refractivity contribution is 7.14. The van der Waals surface area contributed by atoms with E-state index in [1.54, 1.807) is 3.96 Å². The van der Waals surface area contributed by atoms with Gasteiger partial charge in [0.05, 0.1) is 10.1 Å². The van der Waals surface area contributed by atoms with Crippen molar-refractivity contribution in [2.75, 3.05) is 31.1 Å². The fourth-order valence-corrected chi connectivity index (χ4v) is 4.61. The van der Waals surface area contributed by atoms with Gasteiger partial charge in [-0.3, -0.25) is 13.5 Å². The molecule has 2 heterocycles. The summed E-state index contributed by atoms with van der Waals surface area (Å²) in [6.07, 6.45) is 0. The van der Waals surface area contributed by atoms with Crippen molar-refractivity contribution in [1.82, 2.24) is 8.86 Å². The molecular weight excluding hydrogens is 382 g/mol. The molecule has 1 amide bonds. The first kappa shape index (κ1) is 18.1. The van der Waals surface area contributed by atoms with Crippen molar-refractivity contribution in [2.24, 2.45) is 0 Å². The molecule has 1 unspecified atom stereocenters. The van der Waals surface area contributed by atoms with Crippen LogP contribution < -0.4 is 10.5 Å². The molecule has 5 nitrogen and oxygen atoms in total. The van der Waals surface area contributed by atoms with E-state index in [1.165, 1.54) is 11.5 Å². The number of hydrogen-bond donors (Lipinski definition) is 0. The minimum absolute atomic E-state index is 0.000544. The van der Waals surface area contributed by atoms with Crippen molar-refractivity contribution >= 4 is 44.8 Å². The van der Waals surface area contributed by atoms with Gasteiger partial charge in [0.2, 0.25) is 5.91 Å². The Morgan fingerprint density at radius 3 is 2.37 bits per heavy atom. The summed E-state index contributed by atoms with van der Waals surface area (Å²) >= 11 is 7.31. The Morgan fingerprint density at radius 1 is 1.04 bits per heavy atom. The van der Waals surface area contributed by atoms with Gasteiger partial charge in [-0.25, -0.2) is 0 Å². The third-order valence-corrected chi connectivity index (χ3v) is 6.49. The van der Waals surface area contributed by atoms with Crippen LogP contribution in [-0.4, -0.2) is 40.9 Å². The molecule has 0 N–H and O–H groups in total. The number of amides is 1. The van der Waals surface area contributed by atoms with E-state index < -0.39 is 6.04 Å². The lowest BCUT2D eigenvalue weighted by molar-refractivity contribution is -0.134. The molecule has 1 aliphatic rings. The van der Waals surface area contributed by atoms with Gasteiger partial charge in [0.25, 0.3) is 5.56 Å². The highest BCUT2D eigenvalue weighted by atomic mass is 35.5. The topological polar surface area (TPSA) is 45.6 Å². The van der Waals surface area contributed by atoms with Crippen LogP contribution in [0.15, 0.2) is 53.3 Å². The van der Waals surface area contributed by atoms with Crippen molar-refractivity contribution in [3.8, 4) is 0 Å². The molecule has 3 aromatic rings. The quantitative estimate of drug-likeness (QED) is 0.673. The van der Waals surface area contributed by atoms with E-state index in [-0.39, 0.29) is 11.5 Å². The summed E-state index contributed by atoms with van der Waals surface area (Å²) in [5.41, 5.74) is 1.02. The zero-order valence-corrected chi connectivity index (χ0v) is 16.5. The number of halogens is 1. The van der Waals surface area contributed by atoms with Crippen LogP contribution in [0, 0.1) is 0 Å². The Kier molecular flexibility index (Phi) is 4.93. The summed E-state index contributed by atoms with van der Waals surface area (Å²) in [7, 11) is 0. The summed E-state index contributed by atoms with van der Waals surface area (Å²) in [5, 5.41) is 1.39. The number of carbonyl (C=O) groups is 1. The zero-order valence-electron chi connectivity index (χ0n) is 15.0.